The van der Waals surface area contributed by atoms with Gasteiger partial charge in [0, 0.05) is 45.8 Å². The number of aryl methyl sites for hydroxylation is 1. The molecule has 2 heterocycles. The lowest BCUT2D eigenvalue weighted by Crippen LogP contribution is -2.02. The van der Waals surface area contributed by atoms with Crippen LogP contribution in [0.3, 0.4) is 0 Å². The summed E-state index contributed by atoms with van der Waals surface area (Å²) in [4.78, 5) is 5.32. The first-order chi connectivity index (χ1) is 9.65. The summed E-state index contributed by atoms with van der Waals surface area (Å²) < 4.78 is 13.6. The normalized spacial score (nSPS) is 12.7. The molecule has 3 aromatic rings. The van der Waals surface area contributed by atoms with Crippen LogP contribution >= 0.6 is 0 Å². The van der Waals surface area contributed by atoms with Crippen LogP contribution in [-0.2, 0) is 17.3 Å². The lowest BCUT2D eigenvalue weighted by Gasteiger charge is -2.08. The second kappa shape index (κ2) is 5.21. The van der Waals surface area contributed by atoms with E-state index in [-0.39, 0.29) is 0 Å². The van der Waals surface area contributed by atoms with E-state index in [0.29, 0.717) is 0 Å². The Morgan fingerprint density at radius 3 is 2.65 bits per heavy atom. The van der Waals surface area contributed by atoms with Gasteiger partial charge in [0.1, 0.15) is 5.65 Å². The Balaban J connectivity index is 1.96. The van der Waals surface area contributed by atoms with Crippen LogP contribution in [0, 0.1) is 6.92 Å². The van der Waals surface area contributed by atoms with Gasteiger partial charge >= 0.3 is 0 Å². The number of aromatic nitrogens is 2. The fraction of sp³-hybridized carbons (Fsp3) is 0.188. The molecule has 0 aliphatic carbocycles. The van der Waals surface area contributed by atoms with E-state index in [1.54, 1.807) is 6.26 Å². The number of nitrogens with zero attached hydrogens (tertiary/aromatic N) is 2. The van der Waals surface area contributed by atoms with Crippen LogP contribution in [0.1, 0.15) is 11.3 Å². The van der Waals surface area contributed by atoms with Crippen LogP contribution in [0.25, 0.3) is 11.0 Å². The highest BCUT2D eigenvalue weighted by Gasteiger charge is 2.07. The number of pyridine rings is 1. The van der Waals surface area contributed by atoms with Crippen LogP contribution in [-0.4, -0.2) is 20.0 Å². The largest absolute Gasteiger partial charge is 0.326 e. The van der Waals surface area contributed by atoms with Crippen molar-refractivity contribution in [1.82, 2.24) is 9.55 Å². The quantitative estimate of drug-likeness (QED) is 0.740. The summed E-state index contributed by atoms with van der Waals surface area (Å²) in [5.41, 5.74) is 3.39. The second-order valence-corrected chi connectivity index (χ2v) is 6.27. The minimum atomic E-state index is -0.922. The molecule has 0 N–H and O–H groups in total. The second-order valence-electron chi connectivity index (χ2n) is 4.89. The zero-order chi connectivity index (χ0) is 14.1. The zero-order valence-electron chi connectivity index (χ0n) is 11.5. The first kappa shape index (κ1) is 13.1. The third-order valence-corrected chi connectivity index (χ3v) is 4.39. The Morgan fingerprint density at radius 2 is 1.95 bits per heavy atom. The van der Waals surface area contributed by atoms with Crippen LogP contribution in [0.2, 0.25) is 0 Å². The predicted molar refractivity (Wildman–Crippen MR) is 82.3 cm³/mol. The van der Waals surface area contributed by atoms with Gasteiger partial charge in [0.2, 0.25) is 0 Å². The van der Waals surface area contributed by atoms with Crippen molar-refractivity contribution in [2.75, 3.05) is 6.26 Å². The summed E-state index contributed by atoms with van der Waals surface area (Å²) >= 11 is 0. The van der Waals surface area contributed by atoms with E-state index < -0.39 is 10.8 Å². The van der Waals surface area contributed by atoms with E-state index in [1.165, 1.54) is 11.3 Å². The van der Waals surface area contributed by atoms with Crippen molar-refractivity contribution < 1.29 is 4.21 Å². The van der Waals surface area contributed by atoms with Crippen LogP contribution in [0.5, 0.6) is 0 Å². The van der Waals surface area contributed by atoms with Gasteiger partial charge in [0.15, 0.2) is 0 Å². The molecule has 0 aliphatic heterocycles. The molecule has 20 heavy (non-hydrogen) atoms. The van der Waals surface area contributed by atoms with Gasteiger partial charge in [-0.2, -0.15) is 0 Å². The molecule has 1 atom stereocenters. The minimum Gasteiger partial charge on any atom is -0.326 e. The maximum absolute atomic E-state index is 11.4. The number of benzene rings is 1. The fourth-order valence-corrected chi connectivity index (χ4v) is 2.91. The molecule has 3 rings (SSSR count). The number of hydrogen-bond donors (Lipinski definition) is 0. The Hall–Kier alpha value is -1.94. The summed E-state index contributed by atoms with van der Waals surface area (Å²) in [5, 5.41) is 1.16. The molecule has 2 aromatic heterocycles. The van der Waals surface area contributed by atoms with E-state index in [0.717, 1.165) is 22.5 Å². The van der Waals surface area contributed by atoms with Crippen molar-refractivity contribution in [1.29, 1.82) is 0 Å². The van der Waals surface area contributed by atoms with Crippen molar-refractivity contribution in [3.05, 3.63) is 59.9 Å². The third kappa shape index (κ3) is 2.39. The van der Waals surface area contributed by atoms with Gasteiger partial charge in [-0.1, -0.05) is 12.1 Å². The van der Waals surface area contributed by atoms with Crippen LogP contribution in [0.15, 0.2) is 53.6 Å². The monoisotopic (exact) mass is 284 g/mol. The molecule has 0 radical (unpaired) electrons. The molecule has 0 aliphatic rings. The number of rotatable bonds is 3. The highest BCUT2D eigenvalue weighted by molar-refractivity contribution is 7.84. The van der Waals surface area contributed by atoms with Crippen LogP contribution < -0.4 is 0 Å². The topological polar surface area (TPSA) is 34.9 Å². The van der Waals surface area contributed by atoms with Crippen molar-refractivity contribution >= 4 is 21.8 Å². The van der Waals surface area contributed by atoms with E-state index in [4.69, 9.17) is 0 Å². The van der Waals surface area contributed by atoms with Gasteiger partial charge in [-0.15, -0.1) is 0 Å². The van der Waals surface area contributed by atoms with Gasteiger partial charge in [-0.05, 0) is 42.8 Å². The zero-order valence-corrected chi connectivity index (χ0v) is 12.4. The molecular formula is C16H16N2OS. The maximum Gasteiger partial charge on any atom is 0.140 e. The molecule has 1 aromatic carbocycles. The molecule has 0 bridgehead atoms. The Morgan fingerprint density at radius 1 is 1.20 bits per heavy atom. The van der Waals surface area contributed by atoms with Gasteiger partial charge in [-0.3, -0.25) is 4.21 Å². The molecule has 0 fully saturated rings. The summed E-state index contributed by atoms with van der Waals surface area (Å²) in [6.07, 6.45) is 3.52. The molecule has 0 amide bonds. The minimum absolute atomic E-state index is 0.781. The lowest BCUT2D eigenvalue weighted by molar-refractivity contribution is 0.686. The first-order valence-corrected chi connectivity index (χ1v) is 8.04. The molecule has 0 saturated heterocycles. The standard InChI is InChI=1S/C16H16N2OS/c1-12-10-14-4-3-9-17-16(14)18(12)11-13-5-7-15(8-6-13)20(2)19/h3-10H,11H2,1-2H3. The molecule has 0 saturated carbocycles. The van der Waals surface area contributed by atoms with E-state index >= 15 is 0 Å². The summed E-state index contributed by atoms with van der Waals surface area (Å²) in [6.45, 7) is 2.88. The van der Waals surface area contributed by atoms with Crippen molar-refractivity contribution in [2.24, 2.45) is 0 Å². The van der Waals surface area contributed by atoms with E-state index in [1.807, 2.05) is 36.5 Å². The predicted octanol–water partition coefficient (Wildman–Crippen LogP) is 3.13. The average molecular weight is 284 g/mol. The lowest BCUT2D eigenvalue weighted by atomic mass is 10.2. The summed E-state index contributed by atoms with van der Waals surface area (Å²) in [6, 6.07) is 14.1. The van der Waals surface area contributed by atoms with E-state index in [2.05, 4.69) is 28.6 Å². The maximum atomic E-state index is 11.4. The Kier molecular flexibility index (Phi) is 3.40. The first-order valence-electron chi connectivity index (χ1n) is 6.48. The number of fused-ring (bicyclic) bond motifs is 1. The average Bonchev–Trinajstić information content (AvgIpc) is 2.76. The number of hydrogen-bond acceptors (Lipinski definition) is 2. The van der Waals surface area contributed by atoms with Gasteiger partial charge in [-0.25, -0.2) is 4.98 Å². The Bertz CT molecular complexity index is 775. The Labute approximate surface area is 120 Å². The fourth-order valence-electron chi connectivity index (χ4n) is 2.39. The summed E-state index contributed by atoms with van der Waals surface area (Å²) in [5.74, 6) is 0. The van der Waals surface area contributed by atoms with Crippen molar-refractivity contribution in [3.8, 4) is 0 Å². The highest BCUT2D eigenvalue weighted by atomic mass is 32.2. The molecule has 4 heteroatoms. The summed E-state index contributed by atoms with van der Waals surface area (Å²) in [7, 11) is -0.922. The molecular weight excluding hydrogens is 268 g/mol. The van der Waals surface area contributed by atoms with Gasteiger partial charge < -0.3 is 4.57 Å². The molecule has 1 unspecified atom stereocenters. The third-order valence-electron chi connectivity index (χ3n) is 3.46. The molecule has 102 valence electrons. The van der Waals surface area contributed by atoms with Crippen molar-refractivity contribution in [2.45, 2.75) is 18.4 Å². The SMILES string of the molecule is Cc1cc2cccnc2n1Cc1ccc(S(C)=O)cc1. The van der Waals surface area contributed by atoms with Crippen molar-refractivity contribution in [3.63, 3.8) is 0 Å². The van der Waals surface area contributed by atoms with E-state index in [9.17, 15) is 4.21 Å². The smallest absolute Gasteiger partial charge is 0.140 e. The highest BCUT2D eigenvalue weighted by Crippen LogP contribution is 2.19. The molecule has 0 spiro atoms. The molecule has 3 nitrogen and oxygen atoms in total. The van der Waals surface area contributed by atoms with Gasteiger partial charge in [0.05, 0.1) is 0 Å². The van der Waals surface area contributed by atoms with Gasteiger partial charge in [0.25, 0.3) is 0 Å². The van der Waals surface area contributed by atoms with Crippen LogP contribution in [0.4, 0.5) is 0 Å².